The monoisotopic (exact) mass is 1340 g/mol. The van der Waals surface area contributed by atoms with E-state index in [9.17, 15) is 4.79 Å². The number of rotatable bonds is 9. The van der Waals surface area contributed by atoms with Crippen molar-refractivity contribution in [2.75, 3.05) is 11.1 Å². The predicted octanol–water partition coefficient (Wildman–Crippen LogP) is 25.0. The molecule has 17 rings (SSSR count). The number of carbonyl (C=O) groups is 1. The third-order valence-electron chi connectivity index (χ3n) is 17.5. The van der Waals surface area contributed by atoms with E-state index in [2.05, 4.69) is 315 Å². The van der Waals surface area contributed by atoms with Gasteiger partial charge >= 0.3 is 0 Å². The van der Waals surface area contributed by atoms with Gasteiger partial charge in [-0.2, -0.15) is 0 Å². The van der Waals surface area contributed by atoms with Gasteiger partial charge in [0.2, 0.25) is 0 Å². The number of nitrogens with zero attached hydrogens (tertiary/aromatic N) is 2. The number of aromatic nitrogens is 2. The van der Waals surface area contributed by atoms with Gasteiger partial charge in [-0.3, -0.25) is 9.36 Å². The number of nitrogens with one attached hydrogen (secondary N) is 1. The van der Waals surface area contributed by atoms with E-state index in [1.54, 1.807) is 12.1 Å². The predicted molar refractivity (Wildman–Crippen MR) is 408 cm³/mol. The van der Waals surface area contributed by atoms with Crippen LogP contribution in [0.4, 0.5) is 17.1 Å². The number of fused-ring (bicyclic) bond motifs is 7. The number of hydrogen-bond acceptors (Lipinski definition) is 4. The van der Waals surface area contributed by atoms with Gasteiger partial charge in [0, 0.05) is 31.4 Å². The normalized spacial score (nSPS) is 11.1. The minimum absolute atomic E-state index is 0. The summed E-state index contributed by atoms with van der Waals surface area (Å²) in [5, 5.41) is 18.5. The van der Waals surface area contributed by atoms with E-state index in [-0.39, 0.29) is 7.43 Å². The molecule has 0 spiro atoms. The molecule has 0 amide bonds. The Morgan fingerprint density at radius 3 is 1.19 bits per heavy atom. The molecule has 1 heterocycles. The SMILES string of the molecule is Brc1ccc(-c2nc3ccccc3n2-c2ccc(-c3c4ccccc4c(-c4cccc5ccccc45)c4ccccc34)cc2)cc1.C.Nc1ccccc1Nc1ccc(-c2c3ccccc3c(-c3cccc4ccccc34)c3ccccc23)cc1.O=Cc1ccc(Br)cc1. The first kappa shape index (κ1) is 60.3. The van der Waals surface area contributed by atoms with Crippen LogP contribution in [-0.2, 0) is 0 Å². The zero-order chi connectivity index (χ0) is 62.8. The van der Waals surface area contributed by atoms with Crippen LogP contribution in [0.5, 0.6) is 0 Å². The number of carbonyl (C=O) groups excluding carboxylic acids is 1. The molecule has 7 heteroatoms. The second kappa shape index (κ2) is 26.5. The summed E-state index contributed by atoms with van der Waals surface area (Å²) in [5.41, 5.74) is 23.7. The highest BCUT2D eigenvalue weighted by atomic mass is 79.9. The van der Waals surface area contributed by atoms with Crippen LogP contribution < -0.4 is 11.1 Å². The largest absolute Gasteiger partial charge is 0.397 e. The van der Waals surface area contributed by atoms with Crippen LogP contribution in [0.15, 0.2) is 337 Å². The molecule has 16 aromatic carbocycles. The number of halogens is 2. The van der Waals surface area contributed by atoms with Crippen LogP contribution in [0.25, 0.3) is 137 Å². The average Bonchev–Trinajstić information content (AvgIpc) is 0.907. The Labute approximate surface area is 563 Å². The van der Waals surface area contributed by atoms with E-state index in [0.29, 0.717) is 5.56 Å². The van der Waals surface area contributed by atoms with E-state index in [0.717, 1.165) is 60.4 Å². The quantitative estimate of drug-likeness (QED) is 0.0858. The van der Waals surface area contributed by atoms with E-state index in [1.165, 1.54) is 109 Å². The standard InChI is InChI=1S/C43H27BrN2.C36H26N2.C7H5BrO.CH4/c44-31-24-20-30(21-25-31)43-45-39-18-7-8-19-40(39)46(43)32-26-22-29(23-27-32)41-35-13-3-5-15-37(35)42(38-16-6-4-14-36(38)41)34-17-9-11-28-10-1-2-12-33(28)34;37-33-18-7-8-19-34(33)38-26-22-20-25(21-23-26)35-29-13-3-5-15-31(29)36(32-16-6-4-14-30(32)35)28-17-9-11-24-10-1-2-12-27(24)28;8-7-3-1-6(5-9)2-4-7;/h1-27H;1-23,38H,37H2;1-5H;1H4. The Balaban J connectivity index is 0.000000144. The van der Waals surface area contributed by atoms with Crippen LogP contribution in [-0.4, -0.2) is 15.8 Å². The van der Waals surface area contributed by atoms with Gasteiger partial charge in [-0.15, -0.1) is 0 Å². The van der Waals surface area contributed by atoms with Gasteiger partial charge in [-0.25, -0.2) is 4.98 Å². The second-order valence-electron chi connectivity index (χ2n) is 23.0. The summed E-state index contributed by atoms with van der Waals surface area (Å²) in [6.07, 6.45) is 0.826. The van der Waals surface area contributed by atoms with Gasteiger partial charge in [0.25, 0.3) is 0 Å². The van der Waals surface area contributed by atoms with Crippen molar-refractivity contribution in [2.45, 2.75) is 7.43 Å². The van der Waals surface area contributed by atoms with Gasteiger partial charge in [-0.1, -0.05) is 294 Å². The van der Waals surface area contributed by atoms with Crippen molar-refractivity contribution in [1.29, 1.82) is 0 Å². The highest BCUT2D eigenvalue weighted by Crippen LogP contribution is 2.48. The Kier molecular flexibility index (Phi) is 17.0. The molecule has 0 aliphatic rings. The third-order valence-corrected chi connectivity index (χ3v) is 18.5. The summed E-state index contributed by atoms with van der Waals surface area (Å²) >= 11 is 6.84. The lowest BCUT2D eigenvalue weighted by atomic mass is 9.85. The molecule has 450 valence electrons. The van der Waals surface area contributed by atoms with Crippen molar-refractivity contribution >= 4 is 131 Å². The Morgan fingerprint density at radius 2 is 0.723 bits per heavy atom. The van der Waals surface area contributed by atoms with Gasteiger partial charge in [0.1, 0.15) is 12.1 Å². The van der Waals surface area contributed by atoms with Crippen molar-refractivity contribution < 1.29 is 4.79 Å². The van der Waals surface area contributed by atoms with Crippen molar-refractivity contribution in [3.05, 3.63) is 342 Å². The Morgan fingerprint density at radius 1 is 0.351 bits per heavy atom. The fraction of sp³-hybridized carbons (Fsp3) is 0.0115. The van der Waals surface area contributed by atoms with E-state index in [4.69, 9.17) is 10.7 Å². The molecule has 0 saturated carbocycles. The van der Waals surface area contributed by atoms with E-state index < -0.39 is 0 Å². The first-order valence-electron chi connectivity index (χ1n) is 31.0. The van der Waals surface area contributed by atoms with E-state index in [1.807, 2.05) is 42.5 Å². The number of aldehydes is 1. The molecular weight excluding hydrogens is 1280 g/mol. The number of hydrogen-bond donors (Lipinski definition) is 2. The summed E-state index contributed by atoms with van der Waals surface area (Å²) in [6.45, 7) is 0. The number of nitrogens with two attached hydrogens (primary N) is 1. The highest BCUT2D eigenvalue weighted by molar-refractivity contribution is 9.10. The third kappa shape index (κ3) is 11.6. The summed E-state index contributed by atoms with van der Waals surface area (Å²) in [5.74, 6) is 0.928. The van der Waals surface area contributed by atoms with Crippen molar-refractivity contribution in [1.82, 2.24) is 9.55 Å². The van der Waals surface area contributed by atoms with Crippen LogP contribution in [0.2, 0.25) is 0 Å². The smallest absolute Gasteiger partial charge is 0.150 e. The van der Waals surface area contributed by atoms with Crippen molar-refractivity contribution in [3.8, 4) is 61.6 Å². The molecule has 0 saturated heterocycles. The van der Waals surface area contributed by atoms with E-state index >= 15 is 0 Å². The van der Waals surface area contributed by atoms with Gasteiger partial charge in [-0.05, 0) is 182 Å². The zero-order valence-electron chi connectivity index (χ0n) is 50.4. The Hall–Kier alpha value is -11.2. The number of benzene rings is 16. The minimum Gasteiger partial charge on any atom is -0.397 e. The van der Waals surface area contributed by atoms with Gasteiger partial charge in [0.05, 0.1) is 22.4 Å². The van der Waals surface area contributed by atoms with Crippen molar-refractivity contribution in [2.24, 2.45) is 0 Å². The lowest BCUT2D eigenvalue weighted by Crippen LogP contribution is -1.98. The van der Waals surface area contributed by atoms with Crippen molar-refractivity contribution in [3.63, 3.8) is 0 Å². The molecule has 0 fully saturated rings. The fourth-order valence-corrected chi connectivity index (χ4v) is 13.8. The summed E-state index contributed by atoms with van der Waals surface area (Å²) < 4.78 is 4.31. The topological polar surface area (TPSA) is 72.9 Å². The summed E-state index contributed by atoms with van der Waals surface area (Å²) in [6, 6.07) is 115. The number of nitrogen functional groups attached to an aromatic ring is 1. The molecule has 0 radical (unpaired) electrons. The fourth-order valence-electron chi connectivity index (χ4n) is 13.2. The number of para-hydroxylation sites is 4. The molecular formula is C87H62Br2N4O. The number of anilines is 3. The first-order chi connectivity index (χ1) is 45.8. The zero-order valence-corrected chi connectivity index (χ0v) is 53.6. The molecule has 5 nitrogen and oxygen atoms in total. The lowest BCUT2D eigenvalue weighted by molar-refractivity contribution is 0.112. The number of imidazole rings is 1. The molecule has 0 bridgehead atoms. The molecule has 3 N–H and O–H groups in total. The van der Waals surface area contributed by atoms with Crippen LogP contribution in [0.1, 0.15) is 17.8 Å². The highest BCUT2D eigenvalue weighted by Gasteiger charge is 2.21. The molecule has 0 aliphatic carbocycles. The molecule has 1 aromatic heterocycles. The van der Waals surface area contributed by atoms with Crippen LogP contribution in [0, 0.1) is 0 Å². The molecule has 0 aliphatic heterocycles. The average molecular weight is 1340 g/mol. The molecule has 94 heavy (non-hydrogen) atoms. The summed E-state index contributed by atoms with van der Waals surface area (Å²) in [4.78, 5) is 15.2. The first-order valence-corrected chi connectivity index (χ1v) is 32.5. The molecule has 0 atom stereocenters. The maximum atomic E-state index is 10.1. The second-order valence-corrected chi connectivity index (χ2v) is 24.8. The molecule has 0 unspecified atom stereocenters. The summed E-state index contributed by atoms with van der Waals surface area (Å²) in [7, 11) is 0. The van der Waals surface area contributed by atoms with Gasteiger partial charge in [0.15, 0.2) is 0 Å². The molecule has 17 aromatic rings. The van der Waals surface area contributed by atoms with Crippen LogP contribution >= 0.6 is 31.9 Å². The maximum absolute atomic E-state index is 10.1. The lowest BCUT2D eigenvalue weighted by Gasteiger charge is -2.19. The minimum atomic E-state index is 0. The maximum Gasteiger partial charge on any atom is 0.150 e. The Bertz CT molecular complexity index is 5520. The van der Waals surface area contributed by atoms with Gasteiger partial charge < -0.3 is 11.1 Å². The van der Waals surface area contributed by atoms with Crippen LogP contribution in [0.3, 0.4) is 0 Å².